The van der Waals surface area contributed by atoms with Gasteiger partial charge in [-0.2, -0.15) is 0 Å². The summed E-state index contributed by atoms with van der Waals surface area (Å²) in [5, 5.41) is 6.49. The topological polar surface area (TPSA) is 92.5 Å². The Bertz CT molecular complexity index is 818. The van der Waals surface area contributed by atoms with Crippen LogP contribution >= 0.6 is 0 Å². The third-order valence-corrected chi connectivity index (χ3v) is 5.37. The maximum Gasteiger partial charge on any atom is 0.214 e. The number of amides is 1. The highest BCUT2D eigenvalue weighted by atomic mass is 16.5. The maximum absolute atomic E-state index is 12.0. The zero-order valence-corrected chi connectivity index (χ0v) is 16.7. The summed E-state index contributed by atoms with van der Waals surface area (Å²) in [5.41, 5.74) is 9.66. The van der Waals surface area contributed by atoms with Gasteiger partial charge in [0.15, 0.2) is 0 Å². The normalized spacial score (nSPS) is 19.0. The van der Waals surface area contributed by atoms with Gasteiger partial charge in [0.1, 0.15) is 11.6 Å². The monoisotopic (exact) mass is 383 g/mol. The molecule has 1 saturated carbocycles. The molecule has 1 aliphatic rings. The van der Waals surface area contributed by atoms with Crippen LogP contribution in [0.1, 0.15) is 31.2 Å². The predicted molar refractivity (Wildman–Crippen MR) is 114 cm³/mol. The van der Waals surface area contributed by atoms with E-state index in [1.54, 1.807) is 13.3 Å². The van der Waals surface area contributed by atoms with Crippen LogP contribution in [0.4, 0.5) is 22.9 Å². The number of hydrogen-bond acceptors (Lipinski definition) is 6. The minimum absolute atomic E-state index is 0.155. The minimum Gasteiger partial charge on any atom is -0.497 e. The molecule has 0 bridgehead atoms. The Labute approximate surface area is 166 Å². The van der Waals surface area contributed by atoms with Crippen molar-refractivity contribution >= 4 is 29.3 Å². The van der Waals surface area contributed by atoms with E-state index in [-0.39, 0.29) is 12.1 Å². The lowest BCUT2D eigenvalue weighted by atomic mass is 9.90. The molecule has 7 heteroatoms. The molecule has 1 heterocycles. The van der Waals surface area contributed by atoms with Gasteiger partial charge in [-0.1, -0.05) is 0 Å². The number of benzene rings is 1. The summed E-state index contributed by atoms with van der Waals surface area (Å²) in [6.07, 6.45) is 6.36. The van der Waals surface area contributed by atoms with Gasteiger partial charge in [0.25, 0.3) is 0 Å². The van der Waals surface area contributed by atoms with Gasteiger partial charge in [0, 0.05) is 30.9 Å². The second-order valence-corrected chi connectivity index (χ2v) is 7.22. The first-order chi connectivity index (χ1) is 13.5. The van der Waals surface area contributed by atoms with Crippen molar-refractivity contribution in [3.63, 3.8) is 0 Å². The van der Waals surface area contributed by atoms with Crippen LogP contribution in [-0.2, 0) is 4.79 Å². The summed E-state index contributed by atoms with van der Waals surface area (Å²) < 4.78 is 5.26. The van der Waals surface area contributed by atoms with Gasteiger partial charge >= 0.3 is 0 Å². The molecule has 7 nitrogen and oxygen atoms in total. The zero-order chi connectivity index (χ0) is 20.1. The number of methoxy groups -OCH3 is 1. The highest BCUT2D eigenvalue weighted by molar-refractivity contribution is 5.85. The van der Waals surface area contributed by atoms with Crippen molar-refractivity contribution in [2.45, 2.75) is 44.7 Å². The molecule has 1 aromatic carbocycles. The Kier molecular flexibility index (Phi) is 6.36. The number of hydrogen-bond donors (Lipinski definition) is 3. The first-order valence-electron chi connectivity index (χ1n) is 9.64. The van der Waals surface area contributed by atoms with Crippen LogP contribution < -0.4 is 26.0 Å². The predicted octanol–water partition coefficient (Wildman–Crippen LogP) is 3.42. The average Bonchev–Trinajstić information content (AvgIpc) is 2.71. The molecule has 0 atom stereocenters. The zero-order valence-electron chi connectivity index (χ0n) is 16.7. The first-order valence-corrected chi connectivity index (χ1v) is 9.64. The van der Waals surface area contributed by atoms with E-state index in [9.17, 15) is 4.79 Å². The Hall–Kier alpha value is -2.80. The Balaban J connectivity index is 1.88. The lowest BCUT2D eigenvalue weighted by Crippen LogP contribution is -2.40. The van der Waals surface area contributed by atoms with Gasteiger partial charge in [-0.05, 0) is 56.4 Å². The third kappa shape index (κ3) is 4.36. The fourth-order valence-corrected chi connectivity index (χ4v) is 3.68. The minimum atomic E-state index is 0.155. The number of nitrogens with one attached hydrogen (secondary N) is 2. The molecule has 1 fully saturated rings. The summed E-state index contributed by atoms with van der Waals surface area (Å²) in [4.78, 5) is 18.3. The molecule has 0 saturated heterocycles. The second-order valence-electron chi connectivity index (χ2n) is 7.22. The van der Waals surface area contributed by atoms with Crippen molar-refractivity contribution < 1.29 is 9.53 Å². The molecule has 1 aromatic heterocycles. The average molecular weight is 383 g/mol. The molecule has 0 spiro atoms. The fourth-order valence-electron chi connectivity index (χ4n) is 3.68. The van der Waals surface area contributed by atoms with E-state index in [1.165, 1.54) is 0 Å². The van der Waals surface area contributed by atoms with Crippen molar-refractivity contribution in [3.8, 4) is 5.75 Å². The number of nitrogens with two attached hydrogens (primary N) is 1. The van der Waals surface area contributed by atoms with Crippen molar-refractivity contribution in [2.24, 2.45) is 5.73 Å². The summed E-state index contributed by atoms with van der Waals surface area (Å²) in [6.45, 7) is 2.01. The summed E-state index contributed by atoms with van der Waals surface area (Å²) in [7, 11) is 3.49. The van der Waals surface area contributed by atoms with Gasteiger partial charge in [0.05, 0.1) is 24.7 Å². The van der Waals surface area contributed by atoms with E-state index in [4.69, 9.17) is 10.5 Å². The fraction of sp³-hybridized carbons (Fsp3) is 0.429. The molecule has 4 N–H and O–H groups in total. The van der Waals surface area contributed by atoms with Gasteiger partial charge in [-0.25, -0.2) is 4.98 Å². The molecule has 0 aliphatic heterocycles. The van der Waals surface area contributed by atoms with Gasteiger partial charge < -0.3 is 26.0 Å². The van der Waals surface area contributed by atoms with Crippen molar-refractivity contribution in [1.82, 2.24) is 4.98 Å². The molecule has 3 rings (SSSR count). The highest BCUT2D eigenvalue weighted by Crippen LogP contribution is 2.33. The van der Waals surface area contributed by atoms with Gasteiger partial charge in [-0.15, -0.1) is 0 Å². The quantitative estimate of drug-likeness (QED) is 0.635. The molecule has 1 aliphatic carbocycles. The smallest absolute Gasteiger partial charge is 0.214 e. The molecule has 2 aromatic rings. The molecule has 1 amide bonds. The van der Waals surface area contributed by atoms with Crippen molar-refractivity contribution in [2.75, 3.05) is 29.7 Å². The number of carbonyl (C=O) groups is 1. The molecular weight excluding hydrogens is 354 g/mol. The van der Waals surface area contributed by atoms with E-state index in [0.29, 0.717) is 5.82 Å². The van der Waals surface area contributed by atoms with Crippen molar-refractivity contribution in [1.29, 1.82) is 0 Å². The lowest BCUT2D eigenvalue weighted by molar-refractivity contribution is -0.108. The van der Waals surface area contributed by atoms with Crippen LogP contribution in [0.2, 0.25) is 0 Å². The number of ether oxygens (including phenoxy) is 1. The number of pyridine rings is 1. The molecule has 28 heavy (non-hydrogen) atoms. The second kappa shape index (κ2) is 8.93. The molecule has 0 radical (unpaired) electrons. The molecule has 150 valence electrons. The van der Waals surface area contributed by atoms with Crippen LogP contribution in [-0.4, -0.2) is 37.6 Å². The van der Waals surface area contributed by atoms with Crippen LogP contribution in [0.5, 0.6) is 5.75 Å². The van der Waals surface area contributed by atoms with Crippen molar-refractivity contribution in [3.05, 3.63) is 36.0 Å². The van der Waals surface area contributed by atoms with Crippen LogP contribution in [0.25, 0.3) is 0 Å². The standard InChI is InChI=1S/C21H29N5O2/c1-14-10-17(28-3)8-9-18(14)25-21-11-20(19(23-2)12-24-21)26(13-27)16-6-4-15(22)5-7-16/h8-13,15-16,23H,4-7,22H2,1-3H3,(H,24,25). The van der Waals surface area contributed by atoms with Crippen LogP contribution in [0.3, 0.4) is 0 Å². The number of nitrogens with zero attached hydrogens (tertiary/aromatic N) is 2. The number of anilines is 4. The Morgan fingerprint density at radius 3 is 2.57 bits per heavy atom. The Morgan fingerprint density at radius 1 is 1.21 bits per heavy atom. The third-order valence-electron chi connectivity index (χ3n) is 5.37. The largest absolute Gasteiger partial charge is 0.497 e. The van der Waals surface area contributed by atoms with E-state index in [2.05, 4.69) is 15.6 Å². The van der Waals surface area contributed by atoms with Crippen LogP contribution in [0, 0.1) is 6.92 Å². The van der Waals surface area contributed by atoms with Crippen LogP contribution in [0.15, 0.2) is 30.5 Å². The van der Waals surface area contributed by atoms with E-state index >= 15 is 0 Å². The van der Waals surface area contributed by atoms with Gasteiger partial charge in [0.2, 0.25) is 6.41 Å². The van der Waals surface area contributed by atoms with Gasteiger partial charge in [-0.3, -0.25) is 4.79 Å². The highest BCUT2D eigenvalue weighted by Gasteiger charge is 2.26. The first kappa shape index (κ1) is 19.9. The number of rotatable bonds is 7. The SMILES string of the molecule is CNc1cnc(Nc2ccc(OC)cc2C)cc1N(C=O)C1CCC(N)CC1. The van der Waals surface area contributed by atoms with E-state index in [1.807, 2.05) is 43.1 Å². The molecular formula is C21H29N5O2. The number of carbonyl (C=O) groups excluding carboxylic acids is 1. The number of aryl methyl sites for hydroxylation is 1. The van der Waals surface area contributed by atoms with E-state index < -0.39 is 0 Å². The van der Waals surface area contributed by atoms with E-state index in [0.717, 1.165) is 60.5 Å². The summed E-state index contributed by atoms with van der Waals surface area (Å²) in [6, 6.07) is 8.14. The lowest BCUT2D eigenvalue weighted by Gasteiger charge is -2.34. The maximum atomic E-state index is 12.0. The summed E-state index contributed by atoms with van der Waals surface area (Å²) >= 11 is 0. The summed E-state index contributed by atoms with van der Waals surface area (Å²) in [5.74, 6) is 1.49. The number of aromatic nitrogens is 1. The molecule has 0 unspecified atom stereocenters. The Morgan fingerprint density at radius 2 is 1.96 bits per heavy atom.